The molecule has 0 bridgehead atoms. The summed E-state index contributed by atoms with van der Waals surface area (Å²) in [5.74, 6) is 0. The van der Waals surface area contributed by atoms with Crippen molar-refractivity contribution in [2.45, 2.75) is 44.9 Å². The highest BCUT2D eigenvalue weighted by Crippen LogP contribution is 2.22. The lowest BCUT2D eigenvalue weighted by molar-refractivity contribution is -0.0502. The van der Waals surface area contributed by atoms with Crippen molar-refractivity contribution in [1.29, 1.82) is 5.41 Å². The average molecular weight is 241 g/mol. The van der Waals surface area contributed by atoms with Gasteiger partial charge in [-0.15, -0.1) is 4.91 Å². The maximum atomic E-state index is 10.7. The molecule has 96 valence electrons. The van der Waals surface area contributed by atoms with Gasteiger partial charge in [0.05, 0.1) is 18.0 Å². The number of ether oxygens (including phenoxy) is 1. The van der Waals surface area contributed by atoms with E-state index in [4.69, 9.17) is 15.3 Å². The molecule has 1 rings (SSSR count). The van der Waals surface area contributed by atoms with Crippen molar-refractivity contribution < 1.29 is 9.84 Å². The molecule has 2 atom stereocenters. The molecule has 0 aromatic carbocycles. The number of nitroso groups, excluding NO2 is 1. The van der Waals surface area contributed by atoms with Gasteiger partial charge in [-0.2, -0.15) is 0 Å². The Morgan fingerprint density at radius 1 is 1.65 bits per heavy atom. The van der Waals surface area contributed by atoms with Gasteiger partial charge >= 0.3 is 0 Å². The predicted octanol–water partition coefficient (Wildman–Crippen LogP) is 1.80. The molecule has 17 heavy (non-hydrogen) atoms. The lowest BCUT2D eigenvalue weighted by Crippen LogP contribution is -2.27. The number of aliphatic hydroxyl groups is 1. The summed E-state index contributed by atoms with van der Waals surface area (Å²) in [6.07, 6.45) is 5.33. The number of nitrogens with zero attached hydrogens (tertiary/aromatic N) is 2. The highest BCUT2D eigenvalue weighted by molar-refractivity contribution is 5.91. The fraction of sp³-hybridized carbons (Fsp3) is 0.727. The zero-order valence-electron chi connectivity index (χ0n) is 10.0. The van der Waals surface area contributed by atoms with Crippen LogP contribution in [0.15, 0.2) is 17.6 Å². The molecule has 1 heterocycles. The first-order valence-electron chi connectivity index (χ1n) is 5.84. The van der Waals surface area contributed by atoms with Crippen LogP contribution >= 0.6 is 0 Å². The first-order valence-corrected chi connectivity index (χ1v) is 5.84. The summed E-state index contributed by atoms with van der Waals surface area (Å²) < 4.78 is 5.42. The SMILES string of the molecule is CCCC(=N)/C=C/N(N=O)C1CCC(CO)O1. The van der Waals surface area contributed by atoms with Gasteiger partial charge < -0.3 is 15.3 Å². The molecule has 1 saturated heterocycles. The molecule has 1 fully saturated rings. The van der Waals surface area contributed by atoms with Crippen LogP contribution in [0, 0.1) is 10.3 Å². The van der Waals surface area contributed by atoms with Gasteiger partial charge in [-0.3, -0.25) is 0 Å². The van der Waals surface area contributed by atoms with Crippen molar-refractivity contribution in [3.05, 3.63) is 17.2 Å². The van der Waals surface area contributed by atoms with E-state index in [2.05, 4.69) is 5.29 Å². The van der Waals surface area contributed by atoms with Crippen LogP contribution < -0.4 is 0 Å². The molecular weight excluding hydrogens is 222 g/mol. The van der Waals surface area contributed by atoms with Crippen molar-refractivity contribution in [1.82, 2.24) is 5.01 Å². The lowest BCUT2D eigenvalue weighted by Gasteiger charge is -2.18. The number of nitrogens with one attached hydrogen (secondary N) is 1. The third-order valence-corrected chi connectivity index (χ3v) is 2.63. The quantitative estimate of drug-likeness (QED) is 0.404. The van der Waals surface area contributed by atoms with Crippen LogP contribution in [-0.4, -0.2) is 34.8 Å². The van der Waals surface area contributed by atoms with E-state index >= 15 is 0 Å². The Morgan fingerprint density at radius 2 is 2.41 bits per heavy atom. The van der Waals surface area contributed by atoms with E-state index in [1.165, 1.54) is 11.2 Å². The van der Waals surface area contributed by atoms with Crippen molar-refractivity contribution in [3.63, 3.8) is 0 Å². The summed E-state index contributed by atoms with van der Waals surface area (Å²) >= 11 is 0. The molecule has 2 unspecified atom stereocenters. The second-order valence-electron chi connectivity index (χ2n) is 4.03. The third kappa shape index (κ3) is 4.24. The summed E-state index contributed by atoms with van der Waals surface area (Å²) in [4.78, 5) is 10.7. The first-order chi connectivity index (χ1) is 8.21. The van der Waals surface area contributed by atoms with Gasteiger partial charge in [0.25, 0.3) is 0 Å². The largest absolute Gasteiger partial charge is 0.394 e. The molecule has 6 nitrogen and oxygen atoms in total. The highest BCUT2D eigenvalue weighted by Gasteiger charge is 2.28. The van der Waals surface area contributed by atoms with E-state index in [9.17, 15) is 4.91 Å². The van der Waals surface area contributed by atoms with Crippen LogP contribution in [0.3, 0.4) is 0 Å². The Bertz CT molecular complexity index is 294. The summed E-state index contributed by atoms with van der Waals surface area (Å²) in [6.45, 7) is 1.95. The Kier molecular flexibility index (Phi) is 5.79. The van der Waals surface area contributed by atoms with Crippen LogP contribution in [0.25, 0.3) is 0 Å². The number of hydrogen-bond acceptors (Lipinski definition) is 5. The molecule has 1 aliphatic rings. The van der Waals surface area contributed by atoms with Gasteiger partial charge in [-0.05, 0) is 25.3 Å². The number of allylic oxidation sites excluding steroid dienone is 1. The molecule has 0 aromatic rings. The summed E-state index contributed by atoms with van der Waals surface area (Å²) in [5.41, 5.74) is 0.456. The Morgan fingerprint density at radius 3 is 2.94 bits per heavy atom. The monoisotopic (exact) mass is 241 g/mol. The van der Waals surface area contributed by atoms with E-state index < -0.39 is 6.23 Å². The van der Waals surface area contributed by atoms with Crippen molar-refractivity contribution in [2.24, 2.45) is 5.29 Å². The normalized spacial score (nSPS) is 24.1. The highest BCUT2D eigenvalue weighted by atomic mass is 16.5. The molecule has 1 aliphatic heterocycles. The molecular formula is C11H19N3O3. The minimum atomic E-state index is -0.421. The van der Waals surface area contributed by atoms with Crippen molar-refractivity contribution in [2.75, 3.05) is 6.61 Å². The third-order valence-electron chi connectivity index (χ3n) is 2.63. The summed E-state index contributed by atoms with van der Waals surface area (Å²) in [6, 6.07) is 0. The van der Waals surface area contributed by atoms with Crippen LogP contribution in [-0.2, 0) is 4.74 Å². The van der Waals surface area contributed by atoms with Gasteiger partial charge in [-0.1, -0.05) is 13.3 Å². The molecule has 0 radical (unpaired) electrons. The minimum Gasteiger partial charge on any atom is -0.394 e. The molecule has 0 saturated carbocycles. The molecule has 0 aromatic heterocycles. The van der Waals surface area contributed by atoms with E-state index in [1.54, 1.807) is 6.08 Å². The number of hydrogen-bond donors (Lipinski definition) is 2. The Labute approximate surface area is 101 Å². The van der Waals surface area contributed by atoms with Crippen molar-refractivity contribution in [3.8, 4) is 0 Å². The van der Waals surface area contributed by atoms with Gasteiger partial charge in [0.2, 0.25) is 0 Å². The second-order valence-corrected chi connectivity index (χ2v) is 4.03. The number of aliphatic hydroxyl groups excluding tert-OH is 1. The molecule has 2 N–H and O–H groups in total. The van der Waals surface area contributed by atoms with Gasteiger partial charge in [-0.25, -0.2) is 5.01 Å². The number of rotatable bonds is 7. The molecule has 0 spiro atoms. The summed E-state index contributed by atoms with van der Waals surface area (Å²) in [7, 11) is 0. The van der Waals surface area contributed by atoms with Gasteiger partial charge in [0.15, 0.2) is 6.23 Å². The molecule has 6 heteroatoms. The van der Waals surface area contributed by atoms with Crippen LogP contribution in [0.4, 0.5) is 0 Å². The van der Waals surface area contributed by atoms with E-state index in [0.717, 1.165) is 6.42 Å². The van der Waals surface area contributed by atoms with Gasteiger partial charge in [0.1, 0.15) is 0 Å². The maximum Gasteiger partial charge on any atom is 0.153 e. The van der Waals surface area contributed by atoms with E-state index in [1.807, 2.05) is 6.92 Å². The summed E-state index contributed by atoms with van der Waals surface area (Å²) in [5, 5.41) is 20.5. The maximum absolute atomic E-state index is 10.7. The van der Waals surface area contributed by atoms with Crippen LogP contribution in [0.5, 0.6) is 0 Å². The zero-order chi connectivity index (χ0) is 12.7. The van der Waals surface area contributed by atoms with E-state index in [0.29, 0.717) is 25.0 Å². The standard InChI is InChI=1S/C11H19N3O3/c1-2-3-9(12)6-7-14(13-16)11-5-4-10(8-15)17-11/h6-7,10-12,15H,2-5,8H2,1H3/b7-6+,12-9?. The second kappa shape index (κ2) is 7.13. The van der Waals surface area contributed by atoms with Crippen LogP contribution in [0.2, 0.25) is 0 Å². The van der Waals surface area contributed by atoms with Gasteiger partial charge in [0, 0.05) is 11.9 Å². The Hall–Kier alpha value is -1.27. The average Bonchev–Trinajstić information content (AvgIpc) is 2.79. The fourth-order valence-electron chi connectivity index (χ4n) is 1.71. The zero-order valence-corrected chi connectivity index (χ0v) is 10.0. The molecule has 0 amide bonds. The minimum absolute atomic E-state index is 0.0431. The topological polar surface area (TPSA) is 86.0 Å². The fourth-order valence-corrected chi connectivity index (χ4v) is 1.71. The van der Waals surface area contributed by atoms with Crippen molar-refractivity contribution >= 4 is 5.71 Å². The van der Waals surface area contributed by atoms with Crippen LogP contribution in [0.1, 0.15) is 32.6 Å². The predicted molar refractivity (Wildman–Crippen MR) is 64.4 cm³/mol. The molecule has 0 aliphatic carbocycles. The first kappa shape index (κ1) is 13.8. The smallest absolute Gasteiger partial charge is 0.153 e. The lowest BCUT2D eigenvalue weighted by atomic mass is 10.2. The Balaban J connectivity index is 2.49. The van der Waals surface area contributed by atoms with E-state index in [-0.39, 0.29) is 12.7 Å².